The average Bonchev–Trinajstić information content (AvgIpc) is 2.88. The van der Waals surface area contributed by atoms with Gasteiger partial charge in [-0.05, 0) is 25.2 Å². The number of alkyl halides is 3. The van der Waals surface area contributed by atoms with Crippen molar-refractivity contribution in [2.75, 3.05) is 0 Å². The molecule has 0 saturated heterocycles. The maximum absolute atomic E-state index is 13.2. The van der Waals surface area contributed by atoms with Gasteiger partial charge in [-0.2, -0.15) is 18.3 Å². The highest BCUT2D eigenvalue weighted by Gasteiger charge is 2.48. The van der Waals surface area contributed by atoms with Crippen LogP contribution in [-0.4, -0.2) is 16.0 Å². The Bertz CT molecular complexity index is 444. The molecular weight excluding hydrogens is 281 g/mol. The maximum Gasteiger partial charge on any atom is 0.392 e. The molecule has 1 fully saturated rings. The number of hydrazine groups is 1. The Morgan fingerprint density at radius 1 is 1.43 bits per heavy atom. The summed E-state index contributed by atoms with van der Waals surface area (Å²) in [5, 5.41) is 4.20. The van der Waals surface area contributed by atoms with Crippen LogP contribution in [0.1, 0.15) is 50.6 Å². The molecule has 2 rings (SSSR count). The normalized spacial score (nSPS) is 25.0. The Kier molecular flexibility index (Phi) is 5.27. The number of hydrogen-bond acceptors (Lipinski definition) is 3. The van der Waals surface area contributed by atoms with Crippen LogP contribution in [-0.2, 0) is 6.54 Å². The van der Waals surface area contributed by atoms with E-state index in [1.54, 1.807) is 17.1 Å². The summed E-state index contributed by atoms with van der Waals surface area (Å²) in [7, 11) is 0. The zero-order valence-corrected chi connectivity index (χ0v) is 12.2. The van der Waals surface area contributed by atoms with Gasteiger partial charge in [-0.15, -0.1) is 0 Å². The van der Waals surface area contributed by atoms with Crippen molar-refractivity contribution in [3.05, 3.63) is 18.0 Å². The van der Waals surface area contributed by atoms with E-state index in [2.05, 4.69) is 10.5 Å². The van der Waals surface area contributed by atoms with Crippen LogP contribution in [0, 0.1) is 11.8 Å². The monoisotopic (exact) mass is 304 g/mol. The van der Waals surface area contributed by atoms with Gasteiger partial charge < -0.3 is 0 Å². The first-order valence-electron chi connectivity index (χ1n) is 7.52. The van der Waals surface area contributed by atoms with E-state index in [0.29, 0.717) is 12.8 Å². The lowest BCUT2D eigenvalue weighted by Crippen LogP contribution is -2.42. The second-order valence-electron chi connectivity index (χ2n) is 5.78. The molecule has 4 nitrogen and oxygen atoms in total. The lowest BCUT2D eigenvalue weighted by Gasteiger charge is -2.37. The maximum atomic E-state index is 13.2. The molecular formula is C14H23F3N4. The first-order valence-corrected chi connectivity index (χ1v) is 7.52. The summed E-state index contributed by atoms with van der Waals surface area (Å²) in [5.41, 5.74) is 3.33. The average molecular weight is 304 g/mol. The van der Waals surface area contributed by atoms with Gasteiger partial charge in [0.1, 0.15) is 0 Å². The van der Waals surface area contributed by atoms with E-state index < -0.39 is 24.1 Å². The predicted molar refractivity (Wildman–Crippen MR) is 74.1 cm³/mol. The van der Waals surface area contributed by atoms with Crippen LogP contribution in [0.5, 0.6) is 0 Å². The van der Waals surface area contributed by atoms with E-state index >= 15 is 0 Å². The van der Waals surface area contributed by atoms with E-state index in [9.17, 15) is 13.2 Å². The molecule has 0 radical (unpaired) electrons. The van der Waals surface area contributed by atoms with Crippen LogP contribution in [0.25, 0.3) is 0 Å². The molecule has 1 aliphatic carbocycles. The molecule has 1 aromatic heterocycles. The van der Waals surface area contributed by atoms with E-state index in [-0.39, 0.29) is 6.42 Å². The minimum absolute atomic E-state index is 0.190. The van der Waals surface area contributed by atoms with Gasteiger partial charge in [0.05, 0.1) is 18.2 Å². The van der Waals surface area contributed by atoms with Gasteiger partial charge in [0, 0.05) is 18.3 Å². The van der Waals surface area contributed by atoms with Crippen LogP contribution in [0.2, 0.25) is 0 Å². The molecule has 3 atom stereocenters. The Labute approximate surface area is 122 Å². The van der Waals surface area contributed by atoms with Crippen LogP contribution >= 0.6 is 0 Å². The third kappa shape index (κ3) is 3.77. The molecule has 0 bridgehead atoms. The molecule has 0 aliphatic heterocycles. The topological polar surface area (TPSA) is 55.9 Å². The van der Waals surface area contributed by atoms with Crippen LogP contribution < -0.4 is 11.3 Å². The molecule has 1 aliphatic rings. The minimum Gasteiger partial charge on any atom is -0.272 e. The van der Waals surface area contributed by atoms with E-state index in [0.717, 1.165) is 24.9 Å². The molecule has 0 amide bonds. The number of nitrogens with one attached hydrogen (secondary N) is 1. The zero-order valence-electron chi connectivity index (χ0n) is 12.2. The van der Waals surface area contributed by atoms with E-state index in [1.807, 2.05) is 6.92 Å². The number of nitrogens with two attached hydrogens (primary N) is 1. The van der Waals surface area contributed by atoms with Crippen molar-refractivity contribution in [1.82, 2.24) is 15.2 Å². The van der Waals surface area contributed by atoms with Gasteiger partial charge in [0.25, 0.3) is 0 Å². The Balaban J connectivity index is 2.21. The highest BCUT2D eigenvalue weighted by Crippen LogP contribution is 2.46. The summed E-state index contributed by atoms with van der Waals surface area (Å²) in [6.45, 7) is 2.78. The first kappa shape index (κ1) is 16.3. The first-order chi connectivity index (χ1) is 9.97. The lowest BCUT2D eigenvalue weighted by molar-refractivity contribution is -0.199. The summed E-state index contributed by atoms with van der Waals surface area (Å²) in [6, 6.07) is -0.498. The van der Waals surface area contributed by atoms with Crippen molar-refractivity contribution in [1.29, 1.82) is 0 Å². The summed E-state index contributed by atoms with van der Waals surface area (Å²) in [5.74, 6) is 3.76. The summed E-state index contributed by atoms with van der Waals surface area (Å²) < 4.78 is 41.5. The fourth-order valence-electron chi connectivity index (χ4n) is 3.32. The molecule has 0 aromatic carbocycles. The van der Waals surface area contributed by atoms with Crippen molar-refractivity contribution >= 4 is 0 Å². The Morgan fingerprint density at radius 2 is 2.14 bits per heavy atom. The van der Waals surface area contributed by atoms with Crippen molar-refractivity contribution in [2.45, 2.75) is 57.8 Å². The lowest BCUT2D eigenvalue weighted by atomic mass is 9.73. The van der Waals surface area contributed by atoms with Gasteiger partial charge in [-0.1, -0.05) is 19.8 Å². The number of aromatic nitrogens is 2. The number of aryl methyl sites for hydroxylation is 1. The highest BCUT2D eigenvalue weighted by atomic mass is 19.4. The van der Waals surface area contributed by atoms with Gasteiger partial charge in [0.15, 0.2) is 0 Å². The molecule has 1 saturated carbocycles. The van der Waals surface area contributed by atoms with E-state index in [4.69, 9.17) is 5.84 Å². The van der Waals surface area contributed by atoms with Crippen molar-refractivity contribution < 1.29 is 13.2 Å². The molecule has 0 spiro atoms. The van der Waals surface area contributed by atoms with Crippen LogP contribution in [0.4, 0.5) is 13.2 Å². The predicted octanol–water partition coefficient (Wildman–Crippen LogP) is 3.17. The molecule has 3 N–H and O–H groups in total. The third-order valence-corrected chi connectivity index (χ3v) is 4.31. The van der Waals surface area contributed by atoms with Crippen LogP contribution in [0.15, 0.2) is 12.4 Å². The smallest absolute Gasteiger partial charge is 0.272 e. The zero-order chi connectivity index (χ0) is 15.5. The number of halogens is 3. The quantitative estimate of drug-likeness (QED) is 0.649. The number of rotatable bonds is 5. The molecule has 120 valence electrons. The molecule has 1 aromatic rings. The SMILES string of the molecule is CCCn1cc(C(NN)C2CCCCC2C(F)(F)F)cn1. The molecule has 1 heterocycles. The fourth-order valence-corrected chi connectivity index (χ4v) is 3.32. The van der Waals surface area contributed by atoms with Crippen molar-refractivity contribution in [2.24, 2.45) is 17.7 Å². The summed E-state index contributed by atoms with van der Waals surface area (Å²) in [4.78, 5) is 0. The van der Waals surface area contributed by atoms with Gasteiger partial charge in [-0.25, -0.2) is 0 Å². The highest BCUT2D eigenvalue weighted by molar-refractivity contribution is 5.13. The number of hydrogen-bond donors (Lipinski definition) is 2. The molecule has 3 unspecified atom stereocenters. The van der Waals surface area contributed by atoms with Gasteiger partial charge in [0.2, 0.25) is 0 Å². The second kappa shape index (κ2) is 6.79. The molecule has 21 heavy (non-hydrogen) atoms. The summed E-state index contributed by atoms with van der Waals surface area (Å²) in [6.07, 6.45) is 2.37. The molecule has 7 heteroatoms. The standard InChI is InChI=1S/C14H23F3N4/c1-2-7-21-9-10(8-19-21)13(20-18)11-5-3-4-6-12(11)14(15,16)17/h8-9,11-13,20H,2-7,18H2,1H3. The van der Waals surface area contributed by atoms with Crippen molar-refractivity contribution in [3.63, 3.8) is 0 Å². The van der Waals surface area contributed by atoms with Crippen molar-refractivity contribution in [3.8, 4) is 0 Å². The largest absolute Gasteiger partial charge is 0.392 e. The number of nitrogens with zero attached hydrogens (tertiary/aromatic N) is 2. The van der Waals surface area contributed by atoms with E-state index in [1.165, 1.54) is 0 Å². The van der Waals surface area contributed by atoms with Gasteiger partial charge in [-0.3, -0.25) is 16.0 Å². The second-order valence-corrected chi connectivity index (χ2v) is 5.78. The summed E-state index contributed by atoms with van der Waals surface area (Å²) >= 11 is 0. The Hall–Kier alpha value is -1.08. The fraction of sp³-hybridized carbons (Fsp3) is 0.786. The Morgan fingerprint density at radius 3 is 2.76 bits per heavy atom. The van der Waals surface area contributed by atoms with Crippen LogP contribution in [0.3, 0.4) is 0 Å². The third-order valence-electron chi connectivity index (χ3n) is 4.31. The minimum atomic E-state index is -4.17. The van der Waals surface area contributed by atoms with Gasteiger partial charge >= 0.3 is 6.18 Å².